The molecule has 0 bridgehead atoms. The minimum absolute atomic E-state index is 0.811. The molecule has 0 saturated heterocycles. The van der Waals surface area contributed by atoms with Crippen LogP contribution >= 0.6 is 0 Å². The lowest BCUT2D eigenvalue weighted by Crippen LogP contribution is -2.00. The third-order valence-electron chi connectivity index (χ3n) is 5.50. The summed E-state index contributed by atoms with van der Waals surface area (Å²) in [4.78, 5) is 18.6. The number of nitrogens with zero attached hydrogens (tertiary/aromatic N) is 7. The lowest BCUT2D eigenvalue weighted by molar-refractivity contribution is 0.708. The van der Waals surface area contributed by atoms with Gasteiger partial charge in [0.15, 0.2) is 11.5 Å². The second-order valence-corrected chi connectivity index (χ2v) is 7.64. The molecule has 0 atom stereocenters. The van der Waals surface area contributed by atoms with Crippen LogP contribution in [-0.2, 0) is 19.9 Å². The van der Waals surface area contributed by atoms with Crippen molar-refractivity contribution in [2.75, 3.05) is 0 Å². The number of imidazole rings is 1. The second-order valence-electron chi connectivity index (χ2n) is 7.64. The Hall–Kier alpha value is -3.35. The van der Waals surface area contributed by atoms with Gasteiger partial charge in [-0.2, -0.15) is 5.10 Å². The summed E-state index contributed by atoms with van der Waals surface area (Å²) in [6.07, 6.45) is 4.46. The minimum Gasteiger partial charge on any atom is -0.331 e. The molecule has 4 heterocycles. The predicted molar refractivity (Wildman–Crippen MR) is 113 cm³/mol. The van der Waals surface area contributed by atoms with Crippen LogP contribution in [0.2, 0.25) is 0 Å². The zero-order chi connectivity index (χ0) is 20.1. The van der Waals surface area contributed by atoms with E-state index in [0.717, 1.165) is 75.6 Å². The van der Waals surface area contributed by atoms with Crippen LogP contribution in [0.3, 0.4) is 0 Å². The van der Waals surface area contributed by atoms with Crippen LogP contribution in [0.25, 0.3) is 27.6 Å². The van der Waals surface area contributed by atoms with Crippen LogP contribution in [0, 0.1) is 20.8 Å². The van der Waals surface area contributed by atoms with Crippen molar-refractivity contribution in [2.45, 2.75) is 40.0 Å². The number of hydrogen-bond acceptors (Lipinski definition) is 5. The molecule has 0 fully saturated rings. The van der Waals surface area contributed by atoms with Gasteiger partial charge in [0.25, 0.3) is 0 Å². The summed E-state index contributed by atoms with van der Waals surface area (Å²) in [5.41, 5.74) is 6.92. The zero-order valence-corrected chi connectivity index (χ0v) is 17.1. The van der Waals surface area contributed by atoms with E-state index < -0.39 is 0 Å². The molecule has 0 aliphatic rings. The molecule has 0 amide bonds. The topological polar surface area (TPSA) is 73.8 Å². The Kier molecular flexibility index (Phi) is 4.04. The first-order valence-electron chi connectivity index (χ1n) is 9.91. The summed E-state index contributed by atoms with van der Waals surface area (Å²) in [7, 11) is 2.08. The van der Waals surface area contributed by atoms with Crippen molar-refractivity contribution < 1.29 is 0 Å². The van der Waals surface area contributed by atoms with Crippen molar-refractivity contribution in [3.63, 3.8) is 0 Å². The van der Waals surface area contributed by atoms with E-state index >= 15 is 0 Å². The summed E-state index contributed by atoms with van der Waals surface area (Å²) < 4.78 is 4.07. The average molecular weight is 385 g/mol. The van der Waals surface area contributed by atoms with E-state index in [0.29, 0.717) is 0 Å². The van der Waals surface area contributed by atoms with Gasteiger partial charge in [0.05, 0.1) is 27.9 Å². The molecular formula is C22H23N7. The first-order valence-corrected chi connectivity index (χ1v) is 9.91. The van der Waals surface area contributed by atoms with Gasteiger partial charge < -0.3 is 4.57 Å². The molecule has 0 aliphatic heterocycles. The molecule has 0 unspecified atom stereocenters. The smallest absolute Gasteiger partial charge is 0.177 e. The highest BCUT2D eigenvalue weighted by atomic mass is 15.3. The predicted octanol–water partition coefficient (Wildman–Crippen LogP) is 3.66. The number of aryl methyl sites for hydroxylation is 6. The van der Waals surface area contributed by atoms with Gasteiger partial charge in [-0.15, -0.1) is 0 Å². The number of rotatable bonds is 4. The van der Waals surface area contributed by atoms with Crippen LogP contribution in [0.5, 0.6) is 0 Å². The van der Waals surface area contributed by atoms with Gasteiger partial charge in [-0.3, -0.25) is 9.97 Å². The van der Waals surface area contributed by atoms with Crippen molar-refractivity contribution in [3.8, 4) is 0 Å². The Morgan fingerprint density at radius 3 is 2.62 bits per heavy atom. The highest BCUT2D eigenvalue weighted by molar-refractivity contribution is 6.02. The normalized spacial score (nSPS) is 11.9. The van der Waals surface area contributed by atoms with E-state index in [4.69, 9.17) is 4.98 Å². The van der Waals surface area contributed by atoms with Gasteiger partial charge in [0, 0.05) is 37.2 Å². The SMILES string of the molecule is Cc1ccc2c(ccc3c2nc(CCCc2nc4c(C)ncc(C)n4n2)n3C)n1. The Labute approximate surface area is 168 Å². The fourth-order valence-corrected chi connectivity index (χ4v) is 3.88. The Morgan fingerprint density at radius 2 is 1.79 bits per heavy atom. The molecule has 0 aliphatic carbocycles. The molecule has 0 N–H and O–H groups in total. The standard InChI is InChI=1S/C22H23N7/c1-13-8-9-16-17(24-13)10-11-18-21(16)26-20(28(18)4)7-5-6-19-25-22-15(3)23-12-14(2)29(22)27-19/h8-12H,5-7H2,1-4H3. The Morgan fingerprint density at radius 1 is 0.931 bits per heavy atom. The molecule has 4 aromatic heterocycles. The fourth-order valence-electron chi connectivity index (χ4n) is 3.88. The minimum atomic E-state index is 0.811. The van der Waals surface area contributed by atoms with Crippen molar-refractivity contribution in [3.05, 3.63) is 59.2 Å². The van der Waals surface area contributed by atoms with Crippen LogP contribution in [0.15, 0.2) is 30.5 Å². The van der Waals surface area contributed by atoms with Gasteiger partial charge in [0.1, 0.15) is 5.82 Å². The van der Waals surface area contributed by atoms with Crippen molar-refractivity contribution >= 4 is 27.6 Å². The maximum Gasteiger partial charge on any atom is 0.177 e. The first-order chi connectivity index (χ1) is 14.0. The number of fused-ring (bicyclic) bond motifs is 4. The third-order valence-corrected chi connectivity index (χ3v) is 5.50. The van der Waals surface area contributed by atoms with Gasteiger partial charge in [0.2, 0.25) is 0 Å². The van der Waals surface area contributed by atoms with Gasteiger partial charge in [-0.25, -0.2) is 14.5 Å². The summed E-state index contributed by atoms with van der Waals surface area (Å²) in [6, 6.07) is 8.36. The molecule has 7 nitrogen and oxygen atoms in total. The van der Waals surface area contributed by atoms with E-state index in [1.807, 2.05) is 37.5 Å². The molecule has 146 valence electrons. The van der Waals surface area contributed by atoms with Gasteiger partial charge in [-0.05, 0) is 51.5 Å². The van der Waals surface area contributed by atoms with Crippen molar-refractivity contribution in [2.24, 2.45) is 7.05 Å². The van der Waals surface area contributed by atoms with Crippen molar-refractivity contribution in [1.29, 1.82) is 0 Å². The Balaban J connectivity index is 1.41. The molecule has 29 heavy (non-hydrogen) atoms. The van der Waals surface area contributed by atoms with Crippen LogP contribution in [0.4, 0.5) is 0 Å². The fraction of sp³-hybridized carbons (Fsp3) is 0.318. The van der Waals surface area contributed by atoms with Crippen molar-refractivity contribution in [1.82, 2.24) is 34.1 Å². The molecule has 0 spiro atoms. The lowest BCUT2D eigenvalue weighted by atomic mass is 10.1. The third kappa shape index (κ3) is 2.93. The van der Waals surface area contributed by atoms with E-state index in [1.165, 1.54) is 0 Å². The molecule has 1 aromatic carbocycles. The number of aromatic nitrogens is 7. The monoisotopic (exact) mass is 385 g/mol. The molecular weight excluding hydrogens is 362 g/mol. The Bertz CT molecular complexity index is 1340. The van der Waals surface area contributed by atoms with Gasteiger partial charge >= 0.3 is 0 Å². The van der Waals surface area contributed by atoms with Gasteiger partial charge in [-0.1, -0.05) is 0 Å². The van der Waals surface area contributed by atoms with E-state index in [1.54, 1.807) is 0 Å². The first kappa shape index (κ1) is 17.7. The number of pyridine rings is 1. The number of benzene rings is 1. The molecule has 5 rings (SSSR count). The summed E-state index contributed by atoms with van der Waals surface area (Å²) in [5.74, 6) is 1.93. The highest BCUT2D eigenvalue weighted by Gasteiger charge is 2.13. The maximum atomic E-state index is 4.94. The van der Waals surface area contributed by atoms with E-state index in [9.17, 15) is 0 Å². The molecule has 0 saturated carbocycles. The van der Waals surface area contributed by atoms with E-state index in [2.05, 4.69) is 49.9 Å². The van der Waals surface area contributed by atoms with Crippen LogP contribution in [-0.4, -0.2) is 34.1 Å². The summed E-state index contributed by atoms with van der Waals surface area (Å²) >= 11 is 0. The quantitative estimate of drug-likeness (QED) is 0.472. The largest absolute Gasteiger partial charge is 0.331 e. The highest BCUT2D eigenvalue weighted by Crippen LogP contribution is 2.25. The maximum absolute atomic E-state index is 4.94. The number of hydrogen-bond donors (Lipinski definition) is 0. The second kappa shape index (κ2) is 6.62. The van der Waals surface area contributed by atoms with Crippen LogP contribution < -0.4 is 0 Å². The molecule has 0 radical (unpaired) electrons. The molecule has 7 heteroatoms. The zero-order valence-electron chi connectivity index (χ0n) is 17.1. The lowest BCUT2D eigenvalue weighted by Gasteiger charge is -2.02. The summed E-state index contributed by atoms with van der Waals surface area (Å²) in [5, 5.41) is 5.76. The molecule has 5 aromatic rings. The van der Waals surface area contributed by atoms with E-state index in [-0.39, 0.29) is 0 Å². The summed E-state index contributed by atoms with van der Waals surface area (Å²) in [6.45, 7) is 5.98. The van der Waals surface area contributed by atoms with Crippen LogP contribution in [0.1, 0.15) is 35.2 Å². The average Bonchev–Trinajstić information content (AvgIpc) is 3.27.